The van der Waals surface area contributed by atoms with Gasteiger partial charge in [0.1, 0.15) is 11.6 Å². The lowest BCUT2D eigenvalue weighted by atomic mass is 9.96. The Morgan fingerprint density at radius 1 is 1.31 bits per heavy atom. The second-order valence-corrected chi connectivity index (χ2v) is 7.47. The fourth-order valence-corrected chi connectivity index (χ4v) is 3.58. The molecule has 3 rings (SSSR count). The van der Waals surface area contributed by atoms with Gasteiger partial charge in [0.05, 0.1) is 12.7 Å². The summed E-state index contributed by atoms with van der Waals surface area (Å²) in [5.41, 5.74) is 1.11. The Bertz CT molecular complexity index is 749. The highest BCUT2D eigenvalue weighted by Gasteiger charge is 2.28. The summed E-state index contributed by atoms with van der Waals surface area (Å²) >= 11 is 0. The van der Waals surface area contributed by atoms with E-state index in [1.807, 2.05) is 45.5 Å². The second kappa shape index (κ2) is 7.99. The molecule has 1 atom stereocenters. The van der Waals surface area contributed by atoms with Crippen LogP contribution in [0.1, 0.15) is 42.4 Å². The highest BCUT2D eigenvalue weighted by atomic mass is 16.2. The van der Waals surface area contributed by atoms with E-state index in [1.165, 1.54) is 0 Å². The van der Waals surface area contributed by atoms with E-state index in [0.717, 1.165) is 56.1 Å². The van der Waals surface area contributed by atoms with Gasteiger partial charge in [0.2, 0.25) is 5.91 Å². The molecule has 1 aliphatic heterocycles. The Morgan fingerprint density at radius 2 is 2.12 bits per heavy atom. The van der Waals surface area contributed by atoms with Crippen LogP contribution in [0.2, 0.25) is 0 Å². The smallest absolute Gasteiger partial charge is 0.222 e. The topological polar surface area (TPSA) is 72.1 Å². The molecule has 1 saturated heterocycles. The Labute approximate surface area is 154 Å². The summed E-state index contributed by atoms with van der Waals surface area (Å²) in [6, 6.07) is 0. The van der Waals surface area contributed by atoms with Gasteiger partial charge in [-0.15, -0.1) is 10.2 Å². The van der Waals surface area contributed by atoms with E-state index < -0.39 is 0 Å². The minimum atomic E-state index is 0.217. The van der Waals surface area contributed by atoms with Crippen molar-refractivity contribution in [3.05, 3.63) is 29.6 Å². The molecule has 26 heavy (non-hydrogen) atoms. The van der Waals surface area contributed by atoms with Crippen molar-refractivity contribution in [2.45, 2.75) is 38.1 Å². The second-order valence-electron chi connectivity index (χ2n) is 7.47. The van der Waals surface area contributed by atoms with Crippen LogP contribution in [-0.4, -0.2) is 67.4 Å². The van der Waals surface area contributed by atoms with Crippen molar-refractivity contribution in [1.82, 2.24) is 34.3 Å². The van der Waals surface area contributed by atoms with E-state index in [0.29, 0.717) is 6.42 Å². The maximum Gasteiger partial charge on any atom is 0.222 e. The molecule has 0 aromatic carbocycles. The van der Waals surface area contributed by atoms with E-state index in [1.54, 1.807) is 4.68 Å². The zero-order chi connectivity index (χ0) is 18.7. The zero-order valence-corrected chi connectivity index (χ0v) is 16.2. The van der Waals surface area contributed by atoms with Crippen molar-refractivity contribution in [3.63, 3.8) is 0 Å². The number of aryl methyl sites for hydroxylation is 2. The third-order valence-corrected chi connectivity index (χ3v) is 4.98. The molecule has 1 amide bonds. The summed E-state index contributed by atoms with van der Waals surface area (Å²) < 4.78 is 3.87. The fraction of sp³-hybridized carbons (Fsp3) is 0.667. The Kier molecular flexibility index (Phi) is 5.70. The van der Waals surface area contributed by atoms with Crippen LogP contribution in [0.3, 0.4) is 0 Å². The average Bonchev–Trinajstić information content (AvgIpc) is 3.19. The van der Waals surface area contributed by atoms with Crippen molar-refractivity contribution in [1.29, 1.82) is 0 Å². The first-order valence-electron chi connectivity index (χ1n) is 9.22. The van der Waals surface area contributed by atoms with Crippen molar-refractivity contribution in [3.8, 4) is 0 Å². The highest BCUT2D eigenvalue weighted by Crippen LogP contribution is 2.26. The lowest BCUT2D eigenvalue weighted by Gasteiger charge is -2.32. The van der Waals surface area contributed by atoms with Gasteiger partial charge in [-0.3, -0.25) is 9.48 Å². The van der Waals surface area contributed by atoms with Gasteiger partial charge in [0, 0.05) is 45.7 Å². The number of likely N-dealkylation sites (tertiary alicyclic amines) is 1. The predicted molar refractivity (Wildman–Crippen MR) is 98.5 cm³/mol. The summed E-state index contributed by atoms with van der Waals surface area (Å²) in [6.07, 6.45) is 7.14. The van der Waals surface area contributed by atoms with Crippen molar-refractivity contribution in [2.24, 2.45) is 14.1 Å². The molecule has 0 saturated carbocycles. The van der Waals surface area contributed by atoms with E-state index >= 15 is 0 Å². The van der Waals surface area contributed by atoms with E-state index in [2.05, 4.69) is 24.8 Å². The van der Waals surface area contributed by atoms with E-state index in [9.17, 15) is 4.79 Å². The van der Waals surface area contributed by atoms with Crippen LogP contribution in [0, 0.1) is 0 Å². The molecule has 0 bridgehead atoms. The number of rotatable bonds is 6. The van der Waals surface area contributed by atoms with Crippen LogP contribution in [0.4, 0.5) is 0 Å². The van der Waals surface area contributed by atoms with Crippen LogP contribution in [0.25, 0.3) is 0 Å². The zero-order valence-electron chi connectivity index (χ0n) is 16.2. The first-order chi connectivity index (χ1) is 12.4. The van der Waals surface area contributed by atoms with Crippen molar-refractivity contribution >= 4 is 5.91 Å². The van der Waals surface area contributed by atoms with E-state index in [4.69, 9.17) is 0 Å². The molecule has 3 heterocycles. The molecule has 142 valence electrons. The monoisotopic (exact) mass is 359 g/mol. The van der Waals surface area contributed by atoms with Crippen LogP contribution < -0.4 is 0 Å². The number of nitrogens with zero attached hydrogens (tertiary/aromatic N) is 7. The Morgan fingerprint density at radius 3 is 2.81 bits per heavy atom. The molecule has 8 heteroatoms. The molecule has 0 aliphatic carbocycles. The van der Waals surface area contributed by atoms with Gasteiger partial charge in [0.25, 0.3) is 0 Å². The van der Waals surface area contributed by atoms with Gasteiger partial charge in [-0.05, 0) is 38.9 Å². The Hall–Kier alpha value is -2.22. The third-order valence-electron chi connectivity index (χ3n) is 4.98. The first kappa shape index (κ1) is 18.6. The average molecular weight is 359 g/mol. The standard InChI is InChI=1S/C18H29N7O/c1-22(2)13-16-20-21-18(24(16)4)15-6-5-9-25(12-15)17(26)8-7-14-10-19-23(3)11-14/h10-11,15H,5-9,12-13H2,1-4H3. The molecule has 1 unspecified atom stereocenters. The maximum absolute atomic E-state index is 12.6. The van der Waals surface area contributed by atoms with Gasteiger partial charge in [-0.25, -0.2) is 0 Å². The quantitative estimate of drug-likeness (QED) is 0.768. The largest absolute Gasteiger partial charge is 0.342 e. The molecule has 0 radical (unpaired) electrons. The molecule has 2 aromatic rings. The molecule has 0 spiro atoms. The van der Waals surface area contributed by atoms with Gasteiger partial charge in [0.15, 0.2) is 0 Å². The number of hydrogen-bond donors (Lipinski definition) is 0. The molecular formula is C18H29N7O. The summed E-state index contributed by atoms with van der Waals surface area (Å²) in [7, 11) is 7.97. The van der Waals surface area contributed by atoms with Crippen LogP contribution in [0.15, 0.2) is 12.4 Å². The molecule has 0 N–H and O–H groups in total. The number of aromatic nitrogens is 5. The van der Waals surface area contributed by atoms with Crippen molar-refractivity contribution in [2.75, 3.05) is 27.2 Å². The molecular weight excluding hydrogens is 330 g/mol. The number of carbonyl (C=O) groups is 1. The van der Waals surface area contributed by atoms with Gasteiger partial charge in [-0.1, -0.05) is 0 Å². The highest BCUT2D eigenvalue weighted by molar-refractivity contribution is 5.76. The van der Waals surface area contributed by atoms with Crippen LogP contribution in [0.5, 0.6) is 0 Å². The van der Waals surface area contributed by atoms with Gasteiger partial charge < -0.3 is 14.4 Å². The van der Waals surface area contributed by atoms with Gasteiger partial charge >= 0.3 is 0 Å². The Balaban J connectivity index is 1.60. The van der Waals surface area contributed by atoms with Crippen LogP contribution >= 0.6 is 0 Å². The summed E-state index contributed by atoms with van der Waals surface area (Å²) in [6.45, 7) is 2.34. The normalized spacial score (nSPS) is 17.9. The number of carbonyl (C=O) groups excluding carboxylic acids is 1. The lowest BCUT2D eigenvalue weighted by molar-refractivity contribution is -0.132. The molecule has 8 nitrogen and oxygen atoms in total. The van der Waals surface area contributed by atoms with Gasteiger partial charge in [-0.2, -0.15) is 5.10 Å². The molecule has 1 aliphatic rings. The predicted octanol–water partition coefficient (Wildman–Crippen LogP) is 0.949. The summed E-state index contributed by atoms with van der Waals surface area (Å²) in [5.74, 6) is 2.44. The summed E-state index contributed by atoms with van der Waals surface area (Å²) in [4.78, 5) is 16.7. The van der Waals surface area contributed by atoms with Crippen molar-refractivity contribution < 1.29 is 4.79 Å². The maximum atomic E-state index is 12.6. The third kappa shape index (κ3) is 4.30. The van der Waals surface area contributed by atoms with Crippen LogP contribution in [-0.2, 0) is 31.9 Å². The number of piperidine rings is 1. The summed E-state index contributed by atoms with van der Waals surface area (Å²) in [5, 5.41) is 12.9. The first-order valence-corrected chi connectivity index (χ1v) is 9.22. The number of hydrogen-bond acceptors (Lipinski definition) is 5. The molecule has 2 aromatic heterocycles. The molecule has 1 fully saturated rings. The number of amides is 1. The minimum absolute atomic E-state index is 0.217. The minimum Gasteiger partial charge on any atom is -0.342 e. The lowest BCUT2D eigenvalue weighted by Crippen LogP contribution is -2.39. The SMILES string of the molecule is CN(C)Cc1nnc(C2CCCN(C(=O)CCc3cnn(C)c3)C2)n1C. The fourth-order valence-electron chi connectivity index (χ4n) is 3.58. The van der Waals surface area contributed by atoms with E-state index in [-0.39, 0.29) is 11.8 Å².